The third-order valence-corrected chi connectivity index (χ3v) is 5.36. The fourth-order valence-corrected chi connectivity index (χ4v) is 3.94. The highest BCUT2D eigenvalue weighted by atomic mass is 32.1. The number of hydrogen-bond acceptors (Lipinski definition) is 4. The number of esters is 1. The van der Waals surface area contributed by atoms with E-state index in [4.69, 9.17) is 4.74 Å². The van der Waals surface area contributed by atoms with Crippen LogP contribution in [0.5, 0.6) is 0 Å². The Morgan fingerprint density at radius 3 is 2.67 bits per heavy atom. The molecule has 2 aromatic rings. The van der Waals surface area contributed by atoms with Gasteiger partial charge in [0.2, 0.25) is 0 Å². The number of benzene rings is 1. The maximum atomic E-state index is 12.3. The molecule has 1 N–H and O–H groups in total. The van der Waals surface area contributed by atoms with Crippen LogP contribution in [-0.2, 0) is 22.4 Å². The van der Waals surface area contributed by atoms with E-state index < -0.39 is 12.1 Å². The Morgan fingerprint density at radius 1 is 1.12 bits per heavy atom. The molecule has 1 heterocycles. The number of fused-ring (bicyclic) bond motifs is 1. The lowest BCUT2D eigenvalue weighted by atomic mass is 10.1. The lowest BCUT2D eigenvalue weighted by Crippen LogP contribution is -2.29. The number of carbonyl (C=O) groups is 2. The minimum Gasteiger partial charge on any atom is -0.448 e. The lowest BCUT2D eigenvalue weighted by Gasteiger charge is -2.12. The molecule has 1 amide bonds. The fourth-order valence-electron chi connectivity index (χ4n) is 2.81. The molecule has 0 fully saturated rings. The van der Waals surface area contributed by atoms with E-state index in [1.165, 1.54) is 41.0 Å². The minimum atomic E-state index is -0.834. The Morgan fingerprint density at radius 2 is 1.88 bits per heavy atom. The molecular formula is C19H21NO3S. The van der Waals surface area contributed by atoms with Gasteiger partial charge in [-0.25, -0.2) is 4.79 Å². The Kier molecular flexibility index (Phi) is 5.30. The second kappa shape index (κ2) is 7.62. The van der Waals surface area contributed by atoms with Crippen molar-refractivity contribution in [3.8, 4) is 0 Å². The van der Waals surface area contributed by atoms with Crippen LogP contribution in [-0.4, -0.2) is 18.0 Å². The maximum Gasteiger partial charge on any atom is 0.349 e. The number of hydrogen-bond donors (Lipinski definition) is 1. The van der Waals surface area contributed by atoms with Gasteiger partial charge in [0.25, 0.3) is 5.91 Å². The van der Waals surface area contributed by atoms with Gasteiger partial charge in [0.15, 0.2) is 6.10 Å². The smallest absolute Gasteiger partial charge is 0.349 e. The molecule has 126 valence electrons. The molecule has 0 bridgehead atoms. The summed E-state index contributed by atoms with van der Waals surface area (Å²) in [5.74, 6) is -0.739. The number of rotatable bonds is 4. The van der Waals surface area contributed by atoms with Crippen molar-refractivity contribution in [1.29, 1.82) is 0 Å². The summed E-state index contributed by atoms with van der Waals surface area (Å²) in [5.41, 5.74) is 1.96. The SMILES string of the molecule is C[C@H](OC(=O)c1cc2c(s1)CCCCC2)C(=O)Nc1ccccc1. The van der Waals surface area contributed by atoms with Gasteiger partial charge in [-0.2, -0.15) is 0 Å². The highest BCUT2D eigenvalue weighted by molar-refractivity contribution is 7.14. The van der Waals surface area contributed by atoms with Crippen LogP contribution < -0.4 is 5.32 Å². The summed E-state index contributed by atoms with van der Waals surface area (Å²) in [6, 6.07) is 11.1. The molecule has 0 aliphatic heterocycles. The summed E-state index contributed by atoms with van der Waals surface area (Å²) < 4.78 is 5.34. The number of amides is 1. The van der Waals surface area contributed by atoms with Crippen LogP contribution >= 0.6 is 11.3 Å². The van der Waals surface area contributed by atoms with Crippen molar-refractivity contribution in [2.45, 2.75) is 45.1 Å². The van der Waals surface area contributed by atoms with Crippen LogP contribution in [0.25, 0.3) is 0 Å². The highest BCUT2D eigenvalue weighted by Crippen LogP contribution is 2.29. The van der Waals surface area contributed by atoms with E-state index in [-0.39, 0.29) is 5.91 Å². The molecule has 1 aliphatic rings. The summed E-state index contributed by atoms with van der Waals surface area (Å²) in [6.07, 6.45) is 4.84. The molecule has 4 nitrogen and oxygen atoms in total. The third-order valence-electron chi connectivity index (χ3n) is 4.14. The van der Waals surface area contributed by atoms with Crippen LogP contribution in [0.1, 0.15) is 46.3 Å². The number of ether oxygens (including phenoxy) is 1. The quantitative estimate of drug-likeness (QED) is 0.668. The first kappa shape index (κ1) is 16.7. The second-order valence-electron chi connectivity index (χ2n) is 6.02. The van der Waals surface area contributed by atoms with Crippen LogP contribution in [0.4, 0.5) is 5.69 Å². The zero-order valence-electron chi connectivity index (χ0n) is 13.7. The number of anilines is 1. The van der Waals surface area contributed by atoms with Crippen molar-refractivity contribution in [3.05, 3.63) is 51.7 Å². The van der Waals surface area contributed by atoms with Gasteiger partial charge in [-0.15, -0.1) is 11.3 Å². The van der Waals surface area contributed by atoms with Gasteiger partial charge in [-0.05, 0) is 56.4 Å². The van der Waals surface area contributed by atoms with Gasteiger partial charge in [-0.3, -0.25) is 4.79 Å². The van der Waals surface area contributed by atoms with Crippen molar-refractivity contribution in [3.63, 3.8) is 0 Å². The first-order chi connectivity index (χ1) is 11.6. The Bertz CT molecular complexity index is 700. The van der Waals surface area contributed by atoms with E-state index in [0.717, 1.165) is 12.8 Å². The van der Waals surface area contributed by atoms with Crippen LogP contribution in [0.15, 0.2) is 36.4 Å². The van der Waals surface area contributed by atoms with E-state index in [2.05, 4.69) is 5.32 Å². The number of nitrogens with one attached hydrogen (secondary N) is 1. The first-order valence-electron chi connectivity index (χ1n) is 8.32. The van der Waals surface area contributed by atoms with Crippen LogP contribution in [0.2, 0.25) is 0 Å². The van der Waals surface area contributed by atoms with Crippen LogP contribution in [0, 0.1) is 0 Å². The Hall–Kier alpha value is -2.14. The number of para-hydroxylation sites is 1. The molecule has 5 heteroatoms. The van der Waals surface area contributed by atoms with Crippen LogP contribution in [0.3, 0.4) is 0 Å². The number of thiophene rings is 1. The van der Waals surface area contributed by atoms with Gasteiger partial charge < -0.3 is 10.1 Å². The molecule has 24 heavy (non-hydrogen) atoms. The highest BCUT2D eigenvalue weighted by Gasteiger charge is 2.22. The van der Waals surface area contributed by atoms with Gasteiger partial charge in [0.1, 0.15) is 4.88 Å². The molecule has 0 unspecified atom stereocenters. The second-order valence-corrected chi connectivity index (χ2v) is 7.16. The summed E-state index contributed by atoms with van der Waals surface area (Å²) in [4.78, 5) is 26.3. The summed E-state index contributed by atoms with van der Waals surface area (Å²) in [5, 5.41) is 2.74. The van der Waals surface area contributed by atoms with E-state index in [0.29, 0.717) is 10.6 Å². The molecule has 0 spiro atoms. The zero-order chi connectivity index (χ0) is 16.9. The summed E-state index contributed by atoms with van der Waals surface area (Å²) >= 11 is 1.51. The number of aryl methyl sites for hydroxylation is 2. The standard InChI is InChI=1S/C19H21NO3S/c1-13(18(21)20-15-9-5-3-6-10-15)23-19(22)17-12-14-8-4-2-7-11-16(14)24-17/h3,5-6,9-10,12-13H,2,4,7-8,11H2,1H3,(H,20,21)/t13-/m0/s1. The van der Waals surface area contributed by atoms with Gasteiger partial charge in [0.05, 0.1) is 0 Å². The molecule has 0 radical (unpaired) electrons. The lowest BCUT2D eigenvalue weighted by molar-refractivity contribution is -0.123. The molecular weight excluding hydrogens is 322 g/mol. The minimum absolute atomic E-state index is 0.326. The number of carbonyl (C=O) groups excluding carboxylic acids is 2. The monoisotopic (exact) mass is 343 g/mol. The first-order valence-corrected chi connectivity index (χ1v) is 9.13. The van der Waals surface area contributed by atoms with Gasteiger partial charge in [0, 0.05) is 10.6 Å². The predicted molar refractivity (Wildman–Crippen MR) is 95.5 cm³/mol. The summed E-state index contributed by atoms with van der Waals surface area (Å²) in [6.45, 7) is 1.59. The van der Waals surface area contributed by atoms with Crippen molar-refractivity contribution >= 4 is 28.9 Å². The van der Waals surface area contributed by atoms with Crippen molar-refractivity contribution in [1.82, 2.24) is 0 Å². The largest absolute Gasteiger partial charge is 0.448 e. The fraction of sp³-hybridized carbons (Fsp3) is 0.368. The third kappa shape index (κ3) is 4.03. The average Bonchev–Trinajstić information content (AvgIpc) is 2.87. The molecule has 0 saturated carbocycles. The average molecular weight is 343 g/mol. The topological polar surface area (TPSA) is 55.4 Å². The normalized spacial score (nSPS) is 15.0. The van der Waals surface area contributed by atoms with E-state index in [1.807, 2.05) is 24.3 Å². The molecule has 0 saturated heterocycles. The van der Waals surface area contributed by atoms with Crippen molar-refractivity contribution in [2.75, 3.05) is 5.32 Å². The van der Waals surface area contributed by atoms with E-state index >= 15 is 0 Å². The predicted octanol–water partition coefficient (Wildman–Crippen LogP) is 4.20. The zero-order valence-corrected chi connectivity index (χ0v) is 14.5. The van der Waals surface area contributed by atoms with Crippen molar-refractivity contribution in [2.24, 2.45) is 0 Å². The van der Waals surface area contributed by atoms with E-state index in [1.54, 1.807) is 19.1 Å². The maximum absolute atomic E-state index is 12.3. The molecule has 1 aromatic heterocycles. The summed E-state index contributed by atoms with van der Waals surface area (Å²) in [7, 11) is 0. The Labute approximate surface area is 145 Å². The molecule has 1 atom stereocenters. The molecule has 3 rings (SSSR count). The van der Waals surface area contributed by atoms with E-state index in [9.17, 15) is 9.59 Å². The Balaban J connectivity index is 1.60. The van der Waals surface area contributed by atoms with Gasteiger partial charge >= 0.3 is 5.97 Å². The van der Waals surface area contributed by atoms with Crippen molar-refractivity contribution < 1.29 is 14.3 Å². The molecule has 1 aliphatic carbocycles. The van der Waals surface area contributed by atoms with Gasteiger partial charge in [-0.1, -0.05) is 24.6 Å². The molecule has 1 aromatic carbocycles.